The molecule has 0 aliphatic carbocycles. The van der Waals surface area contributed by atoms with Gasteiger partial charge in [0, 0.05) is 18.5 Å². The molecule has 0 saturated carbocycles. The van der Waals surface area contributed by atoms with Gasteiger partial charge in [0.25, 0.3) is 0 Å². The second kappa shape index (κ2) is 7.54. The van der Waals surface area contributed by atoms with Crippen LogP contribution in [-0.2, 0) is 14.8 Å². The molecule has 24 heavy (non-hydrogen) atoms. The van der Waals surface area contributed by atoms with Crippen molar-refractivity contribution in [2.75, 3.05) is 12.8 Å². The second-order valence-electron chi connectivity index (χ2n) is 5.48. The molecule has 0 radical (unpaired) electrons. The van der Waals surface area contributed by atoms with Gasteiger partial charge in [0.15, 0.2) is 0 Å². The minimum atomic E-state index is -3.30. The first-order chi connectivity index (χ1) is 11.3. The maximum absolute atomic E-state index is 11.8. The molecule has 0 fully saturated rings. The fraction of sp³-hybridized carbons (Fsp3) is 0.400. The van der Waals surface area contributed by atoms with Crippen LogP contribution >= 0.6 is 0 Å². The number of carbonyl (C=O) groups is 1. The van der Waals surface area contributed by atoms with Crippen molar-refractivity contribution in [3.63, 3.8) is 0 Å². The largest absolute Gasteiger partial charge is 0.345 e. The number of aromatic nitrogens is 2. The Bertz CT molecular complexity index is 816. The van der Waals surface area contributed by atoms with Crippen LogP contribution in [0.25, 0.3) is 11.4 Å². The molecule has 1 atom stereocenters. The number of hydrogen-bond acceptors (Lipinski definition) is 6. The van der Waals surface area contributed by atoms with Crippen LogP contribution in [0.2, 0.25) is 0 Å². The maximum atomic E-state index is 11.8. The van der Waals surface area contributed by atoms with Gasteiger partial charge in [-0.05, 0) is 19.4 Å². The average molecular weight is 352 g/mol. The first kappa shape index (κ1) is 18.1. The van der Waals surface area contributed by atoms with Crippen LogP contribution in [0.3, 0.4) is 0 Å². The molecular weight excluding hydrogens is 332 g/mol. The van der Waals surface area contributed by atoms with Crippen molar-refractivity contribution < 1.29 is 17.7 Å². The van der Waals surface area contributed by atoms with Crippen LogP contribution in [-0.4, -0.2) is 37.3 Å². The first-order valence-corrected chi connectivity index (χ1v) is 9.29. The van der Waals surface area contributed by atoms with Crippen molar-refractivity contribution in [1.29, 1.82) is 0 Å². The van der Waals surface area contributed by atoms with Crippen molar-refractivity contribution in [2.24, 2.45) is 0 Å². The summed E-state index contributed by atoms with van der Waals surface area (Å²) in [6, 6.07) is 7.18. The molecule has 0 bridgehead atoms. The lowest BCUT2D eigenvalue weighted by Crippen LogP contribution is -2.31. The molecule has 0 aliphatic heterocycles. The molecule has 2 rings (SSSR count). The highest BCUT2D eigenvalue weighted by Gasteiger charge is 2.18. The lowest BCUT2D eigenvalue weighted by Gasteiger charge is -2.09. The molecule has 9 heteroatoms. The predicted molar refractivity (Wildman–Crippen MR) is 88.5 cm³/mol. The Morgan fingerprint density at radius 3 is 2.71 bits per heavy atom. The molecular formula is C15H20N4O4S. The third-order valence-electron chi connectivity index (χ3n) is 3.29. The fourth-order valence-electron chi connectivity index (χ4n) is 2.07. The summed E-state index contributed by atoms with van der Waals surface area (Å²) in [6.45, 7) is 3.71. The Hall–Kier alpha value is -2.26. The van der Waals surface area contributed by atoms with Crippen molar-refractivity contribution in [3.05, 3.63) is 35.7 Å². The maximum Gasteiger partial charge on any atom is 0.249 e. The van der Waals surface area contributed by atoms with E-state index in [4.69, 9.17) is 4.52 Å². The summed E-state index contributed by atoms with van der Waals surface area (Å²) < 4.78 is 29.4. The normalized spacial score (nSPS) is 12.8. The zero-order valence-electron chi connectivity index (χ0n) is 13.7. The van der Waals surface area contributed by atoms with E-state index in [1.54, 1.807) is 6.92 Å². The van der Waals surface area contributed by atoms with Crippen molar-refractivity contribution in [2.45, 2.75) is 26.3 Å². The van der Waals surface area contributed by atoms with Gasteiger partial charge < -0.3 is 9.84 Å². The van der Waals surface area contributed by atoms with Crippen LogP contribution in [0, 0.1) is 6.92 Å². The molecule has 1 aromatic heterocycles. The van der Waals surface area contributed by atoms with E-state index in [1.807, 2.05) is 31.2 Å². The van der Waals surface area contributed by atoms with Gasteiger partial charge in [-0.2, -0.15) is 4.98 Å². The Labute approximate surface area is 140 Å². The van der Waals surface area contributed by atoms with Crippen molar-refractivity contribution >= 4 is 15.9 Å². The number of nitrogens with zero attached hydrogens (tertiary/aromatic N) is 2. The number of carbonyl (C=O) groups excluding carboxylic acids is 1. The zero-order valence-corrected chi connectivity index (χ0v) is 14.6. The number of hydrogen-bond donors (Lipinski definition) is 2. The van der Waals surface area contributed by atoms with Gasteiger partial charge in [-0.15, -0.1) is 0 Å². The van der Waals surface area contributed by atoms with E-state index in [1.165, 1.54) is 0 Å². The van der Waals surface area contributed by atoms with Crippen LogP contribution < -0.4 is 10.0 Å². The van der Waals surface area contributed by atoms with Gasteiger partial charge in [0.05, 0.1) is 6.26 Å². The monoisotopic (exact) mass is 352 g/mol. The minimum Gasteiger partial charge on any atom is -0.345 e. The molecule has 8 nitrogen and oxygen atoms in total. The van der Waals surface area contributed by atoms with Gasteiger partial charge in [-0.25, -0.2) is 13.1 Å². The van der Waals surface area contributed by atoms with Gasteiger partial charge in [-0.1, -0.05) is 29.4 Å². The predicted octanol–water partition coefficient (Wildman–Crippen LogP) is 1.16. The molecule has 1 amide bonds. The van der Waals surface area contributed by atoms with Gasteiger partial charge in [-0.3, -0.25) is 4.79 Å². The molecule has 1 heterocycles. The summed E-state index contributed by atoms with van der Waals surface area (Å²) in [5.74, 6) is 0.440. The van der Waals surface area contributed by atoms with Gasteiger partial charge >= 0.3 is 0 Å². The number of nitrogens with one attached hydrogen (secondary N) is 2. The average Bonchev–Trinajstić information content (AvgIpc) is 2.96. The third kappa shape index (κ3) is 5.14. The van der Waals surface area contributed by atoms with E-state index in [2.05, 4.69) is 20.2 Å². The lowest BCUT2D eigenvalue weighted by molar-refractivity contribution is -0.121. The first-order valence-electron chi connectivity index (χ1n) is 7.40. The Morgan fingerprint density at radius 1 is 1.33 bits per heavy atom. The summed E-state index contributed by atoms with van der Waals surface area (Å²) >= 11 is 0. The molecule has 130 valence electrons. The summed E-state index contributed by atoms with van der Waals surface area (Å²) in [4.78, 5) is 16.1. The van der Waals surface area contributed by atoms with Crippen molar-refractivity contribution in [3.8, 4) is 11.4 Å². The molecule has 1 aromatic carbocycles. The van der Waals surface area contributed by atoms with Crippen LogP contribution in [0.5, 0.6) is 0 Å². The molecule has 0 saturated heterocycles. The molecule has 2 aromatic rings. The lowest BCUT2D eigenvalue weighted by atomic mass is 10.1. The van der Waals surface area contributed by atoms with Crippen molar-refractivity contribution in [1.82, 2.24) is 20.2 Å². The standard InChI is InChI=1S/C15H20N4O4S/c1-10-6-4-5-7-12(10)14-18-15(23-19-14)11(2)17-13(20)8-9-16-24(3,21)22/h4-7,11,16H,8-9H2,1-3H3,(H,17,20)/t11-/m1/s1. The third-order valence-corrected chi connectivity index (χ3v) is 4.02. The SMILES string of the molecule is Cc1ccccc1-c1noc([C@@H](C)NC(=O)CCNS(C)(=O)=O)n1. The van der Waals surface area contributed by atoms with E-state index < -0.39 is 16.1 Å². The molecule has 2 N–H and O–H groups in total. The number of sulfonamides is 1. The van der Waals surface area contributed by atoms with Gasteiger partial charge in [0.1, 0.15) is 6.04 Å². The number of rotatable bonds is 7. The summed E-state index contributed by atoms with van der Waals surface area (Å²) in [5, 5.41) is 6.63. The Kier molecular flexibility index (Phi) is 5.68. The summed E-state index contributed by atoms with van der Waals surface area (Å²) in [5.41, 5.74) is 1.89. The minimum absolute atomic E-state index is 0.0240. The van der Waals surface area contributed by atoms with Crippen LogP contribution in [0.1, 0.15) is 30.8 Å². The second-order valence-corrected chi connectivity index (χ2v) is 7.31. The fourth-order valence-corrected chi connectivity index (χ4v) is 2.54. The van der Waals surface area contributed by atoms with Gasteiger partial charge in [0.2, 0.25) is 27.6 Å². The van der Waals surface area contributed by atoms with E-state index in [0.29, 0.717) is 5.82 Å². The molecule has 0 unspecified atom stereocenters. The summed E-state index contributed by atoms with van der Waals surface area (Å²) in [6.07, 6.45) is 1.06. The Balaban J connectivity index is 1.95. The highest BCUT2D eigenvalue weighted by molar-refractivity contribution is 7.88. The molecule has 0 spiro atoms. The summed E-state index contributed by atoms with van der Waals surface area (Å²) in [7, 11) is -3.30. The van der Waals surface area contributed by atoms with Crippen LogP contribution in [0.4, 0.5) is 0 Å². The number of aryl methyl sites for hydroxylation is 1. The van der Waals surface area contributed by atoms with E-state index >= 15 is 0 Å². The number of amides is 1. The van der Waals surface area contributed by atoms with E-state index in [0.717, 1.165) is 17.4 Å². The smallest absolute Gasteiger partial charge is 0.249 e. The Morgan fingerprint density at radius 2 is 2.04 bits per heavy atom. The zero-order chi connectivity index (χ0) is 17.7. The highest BCUT2D eigenvalue weighted by Crippen LogP contribution is 2.21. The topological polar surface area (TPSA) is 114 Å². The highest BCUT2D eigenvalue weighted by atomic mass is 32.2. The molecule has 0 aliphatic rings. The van der Waals surface area contributed by atoms with E-state index in [-0.39, 0.29) is 24.8 Å². The van der Waals surface area contributed by atoms with Crippen LogP contribution in [0.15, 0.2) is 28.8 Å². The number of benzene rings is 1. The van der Waals surface area contributed by atoms with E-state index in [9.17, 15) is 13.2 Å². The quantitative estimate of drug-likeness (QED) is 0.773.